The van der Waals surface area contributed by atoms with Crippen LogP contribution in [0.5, 0.6) is 0 Å². The number of rotatable bonds is 7. The Labute approximate surface area is 203 Å². The van der Waals surface area contributed by atoms with E-state index in [9.17, 15) is 18.0 Å². The van der Waals surface area contributed by atoms with Crippen LogP contribution in [0.2, 0.25) is 0 Å². The van der Waals surface area contributed by atoms with Gasteiger partial charge in [-0.15, -0.1) is 0 Å². The zero-order valence-electron chi connectivity index (χ0n) is 18.7. The molecule has 1 aliphatic heterocycles. The van der Waals surface area contributed by atoms with Crippen LogP contribution in [0.15, 0.2) is 66.0 Å². The highest BCUT2D eigenvalue weighted by Crippen LogP contribution is 2.30. The van der Waals surface area contributed by atoms with Gasteiger partial charge in [-0.2, -0.15) is 0 Å². The number of carbonyl (C=O) groups is 2. The Kier molecular flexibility index (Phi) is 7.38. The Morgan fingerprint density at radius 3 is 2.44 bits per heavy atom. The first-order valence-corrected chi connectivity index (χ1v) is 13.7. The molecule has 178 valence electrons. The molecule has 1 fully saturated rings. The molecular weight excluding hydrogens is 472 g/mol. The molecule has 0 saturated carbocycles. The van der Waals surface area contributed by atoms with E-state index in [0.717, 1.165) is 22.5 Å². The highest BCUT2D eigenvalue weighted by atomic mass is 32.2. The van der Waals surface area contributed by atoms with E-state index in [0.29, 0.717) is 11.6 Å². The Morgan fingerprint density at radius 1 is 1.06 bits per heavy atom. The standard InChI is InChI=1S/C24H26N4O4S2/c1-17-7-9-20(10-8-17)28-21(19-5-3-2-4-6-19)14-25-24(28)33-15-23(30)27-26-22(29)13-18-11-12-34(31,32)16-18/h2-10,14,18H,11-13,15-16H2,1H3,(H,26,29)(H,27,30). The second-order valence-corrected chi connectivity index (χ2v) is 11.5. The molecular formula is C24H26N4O4S2. The molecule has 2 aromatic carbocycles. The summed E-state index contributed by atoms with van der Waals surface area (Å²) in [6.45, 7) is 2.02. The maximum atomic E-state index is 12.4. The van der Waals surface area contributed by atoms with Gasteiger partial charge in [-0.3, -0.25) is 25.0 Å². The van der Waals surface area contributed by atoms with Crippen molar-refractivity contribution < 1.29 is 18.0 Å². The third-order valence-electron chi connectivity index (χ3n) is 5.57. The average molecular weight is 499 g/mol. The molecule has 0 radical (unpaired) electrons. The lowest BCUT2D eigenvalue weighted by atomic mass is 10.1. The van der Waals surface area contributed by atoms with Gasteiger partial charge in [0.15, 0.2) is 15.0 Å². The first-order chi connectivity index (χ1) is 16.3. The molecule has 3 aromatic rings. The van der Waals surface area contributed by atoms with Gasteiger partial charge in [0, 0.05) is 17.7 Å². The number of nitrogens with zero attached hydrogens (tertiary/aromatic N) is 2. The Bertz CT molecular complexity index is 1270. The second kappa shape index (κ2) is 10.4. The van der Waals surface area contributed by atoms with Gasteiger partial charge < -0.3 is 0 Å². The molecule has 1 saturated heterocycles. The molecule has 8 nitrogen and oxygen atoms in total. The molecule has 0 bridgehead atoms. The number of hydrogen-bond donors (Lipinski definition) is 2. The molecule has 34 heavy (non-hydrogen) atoms. The van der Waals surface area contributed by atoms with Crippen molar-refractivity contribution in [1.29, 1.82) is 0 Å². The van der Waals surface area contributed by atoms with Crippen LogP contribution in [0.3, 0.4) is 0 Å². The Morgan fingerprint density at radius 2 is 1.76 bits per heavy atom. The third kappa shape index (κ3) is 6.06. The van der Waals surface area contributed by atoms with E-state index >= 15 is 0 Å². The van der Waals surface area contributed by atoms with Gasteiger partial charge in [-0.1, -0.05) is 59.8 Å². The summed E-state index contributed by atoms with van der Waals surface area (Å²) < 4.78 is 25.1. The summed E-state index contributed by atoms with van der Waals surface area (Å²) in [4.78, 5) is 29.0. The first kappa shape index (κ1) is 24.0. The van der Waals surface area contributed by atoms with Crippen molar-refractivity contribution in [2.24, 2.45) is 5.92 Å². The van der Waals surface area contributed by atoms with Gasteiger partial charge >= 0.3 is 0 Å². The van der Waals surface area contributed by atoms with Crippen LogP contribution in [-0.4, -0.2) is 47.0 Å². The molecule has 4 rings (SSSR count). The minimum absolute atomic E-state index is 0.0234. The van der Waals surface area contributed by atoms with E-state index in [1.165, 1.54) is 11.8 Å². The maximum Gasteiger partial charge on any atom is 0.248 e. The summed E-state index contributed by atoms with van der Waals surface area (Å²) in [5, 5.41) is 0.653. The molecule has 2 amide bonds. The van der Waals surface area contributed by atoms with Crippen molar-refractivity contribution >= 4 is 33.4 Å². The topological polar surface area (TPSA) is 110 Å². The molecule has 0 spiro atoms. The van der Waals surface area contributed by atoms with Crippen LogP contribution in [0.4, 0.5) is 0 Å². The van der Waals surface area contributed by atoms with Crippen molar-refractivity contribution in [3.63, 3.8) is 0 Å². The quantitative estimate of drug-likeness (QED) is 0.383. The lowest BCUT2D eigenvalue weighted by molar-refractivity contribution is -0.128. The van der Waals surface area contributed by atoms with Crippen LogP contribution in [-0.2, 0) is 19.4 Å². The van der Waals surface area contributed by atoms with Gasteiger partial charge in [0.25, 0.3) is 0 Å². The van der Waals surface area contributed by atoms with E-state index in [1.54, 1.807) is 6.20 Å². The number of hydrogen-bond acceptors (Lipinski definition) is 6. The predicted octanol–water partition coefficient (Wildman–Crippen LogP) is 2.91. The van der Waals surface area contributed by atoms with Gasteiger partial charge in [0.05, 0.1) is 29.1 Å². The lowest BCUT2D eigenvalue weighted by Crippen LogP contribution is -2.43. The molecule has 1 aromatic heterocycles. The SMILES string of the molecule is Cc1ccc(-n2c(-c3ccccc3)cnc2SCC(=O)NNC(=O)CC2CCS(=O)(=O)C2)cc1. The number of thioether (sulfide) groups is 1. The number of benzene rings is 2. The minimum atomic E-state index is -3.04. The number of amides is 2. The average Bonchev–Trinajstić information content (AvgIpc) is 3.40. The number of hydrazine groups is 1. The third-order valence-corrected chi connectivity index (χ3v) is 8.36. The molecule has 1 aliphatic rings. The summed E-state index contributed by atoms with van der Waals surface area (Å²) >= 11 is 1.26. The Hall–Kier alpha value is -3.11. The normalized spacial score (nSPS) is 16.8. The van der Waals surface area contributed by atoms with E-state index in [4.69, 9.17) is 0 Å². The second-order valence-electron chi connectivity index (χ2n) is 8.32. The molecule has 1 atom stereocenters. The number of carbonyl (C=O) groups excluding carboxylic acids is 2. The summed E-state index contributed by atoms with van der Waals surface area (Å²) in [5.74, 6) is -0.781. The number of sulfone groups is 1. The van der Waals surface area contributed by atoms with Crippen molar-refractivity contribution in [3.05, 3.63) is 66.4 Å². The minimum Gasteiger partial charge on any atom is -0.287 e. The smallest absolute Gasteiger partial charge is 0.248 e. The number of imidazole rings is 1. The molecule has 2 heterocycles. The summed E-state index contributed by atoms with van der Waals surface area (Å²) in [7, 11) is -3.04. The molecule has 0 aliphatic carbocycles. The van der Waals surface area contributed by atoms with Gasteiger partial charge in [0.1, 0.15) is 0 Å². The molecule has 2 N–H and O–H groups in total. The van der Waals surface area contributed by atoms with Crippen molar-refractivity contribution in [3.8, 4) is 16.9 Å². The zero-order chi connectivity index (χ0) is 24.1. The summed E-state index contributed by atoms with van der Waals surface area (Å²) in [6.07, 6.45) is 2.34. The highest BCUT2D eigenvalue weighted by Gasteiger charge is 2.29. The van der Waals surface area contributed by atoms with Gasteiger partial charge in [-0.25, -0.2) is 13.4 Å². The summed E-state index contributed by atoms with van der Waals surface area (Å²) in [5.41, 5.74) is 8.78. The van der Waals surface area contributed by atoms with Crippen molar-refractivity contribution in [1.82, 2.24) is 20.4 Å². The van der Waals surface area contributed by atoms with E-state index in [1.807, 2.05) is 66.1 Å². The monoisotopic (exact) mass is 498 g/mol. The van der Waals surface area contributed by atoms with Crippen LogP contribution < -0.4 is 10.9 Å². The summed E-state index contributed by atoms with van der Waals surface area (Å²) in [6, 6.07) is 18.0. The lowest BCUT2D eigenvalue weighted by Gasteiger charge is -2.13. The predicted molar refractivity (Wildman–Crippen MR) is 132 cm³/mol. The number of aryl methyl sites for hydroxylation is 1. The van der Waals surface area contributed by atoms with E-state index < -0.39 is 15.7 Å². The number of nitrogens with one attached hydrogen (secondary N) is 2. The zero-order valence-corrected chi connectivity index (χ0v) is 20.4. The largest absolute Gasteiger partial charge is 0.287 e. The first-order valence-electron chi connectivity index (χ1n) is 10.9. The van der Waals surface area contributed by atoms with Crippen molar-refractivity contribution in [2.45, 2.75) is 24.9 Å². The van der Waals surface area contributed by atoms with Crippen LogP contribution >= 0.6 is 11.8 Å². The van der Waals surface area contributed by atoms with Crippen LogP contribution in [0.1, 0.15) is 18.4 Å². The number of aromatic nitrogens is 2. The van der Waals surface area contributed by atoms with Crippen LogP contribution in [0, 0.1) is 12.8 Å². The fourth-order valence-electron chi connectivity index (χ4n) is 3.84. The fraction of sp³-hybridized carbons (Fsp3) is 0.292. The molecule has 10 heteroatoms. The van der Waals surface area contributed by atoms with E-state index in [2.05, 4.69) is 15.8 Å². The maximum absolute atomic E-state index is 12.4. The Balaban J connectivity index is 1.39. The van der Waals surface area contributed by atoms with E-state index in [-0.39, 0.29) is 35.5 Å². The van der Waals surface area contributed by atoms with Crippen LogP contribution in [0.25, 0.3) is 16.9 Å². The van der Waals surface area contributed by atoms with Gasteiger partial charge in [0.2, 0.25) is 11.8 Å². The van der Waals surface area contributed by atoms with Crippen molar-refractivity contribution in [2.75, 3.05) is 17.3 Å². The fourth-order valence-corrected chi connectivity index (χ4v) is 6.50. The highest BCUT2D eigenvalue weighted by molar-refractivity contribution is 7.99. The molecule has 1 unspecified atom stereocenters. The van der Waals surface area contributed by atoms with Gasteiger partial charge in [-0.05, 0) is 31.4 Å².